The molecule has 0 aliphatic carbocycles. The van der Waals surface area contributed by atoms with Gasteiger partial charge in [-0.2, -0.15) is 0 Å². The van der Waals surface area contributed by atoms with Crippen LogP contribution >= 0.6 is 15.9 Å². The molecule has 0 spiro atoms. The third-order valence-corrected chi connectivity index (χ3v) is 3.23. The predicted octanol–water partition coefficient (Wildman–Crippen LogP) is 2.08. The maximum Gasteiger partial charge on any atom is 0.231 e. The zero-order valence-corrected chi connectivity index (χ0v) is 11.3. The Labute approximate surface area is 104 Å². The second kappa shape index (κ2) is 4.93. The fourth-order valence-electron chi connectivity index (χ4n) is 1.02. The van der Waals surface area contributed by atoms with Crippen molar-refractivity contribution in [1.82, 2.24) is 4.98 Å². The minimum Gasteiger partial charge on any atom is -0.329 e. The number of amides is 1. The Morgan fingerprint density at radius 1 is 1.62 bits per heavy atom. The Morgan fingerprint density at radius 3 is 2.75 bits per heavy atom. The first-order valence-corrected chi connectivity index (χ1v) is 5.80. The van der Waals surface area contributed by atoms with Gasteiger partial charge in [-0.3, -0.25) is 4.79 Å². The number of aromatic nitrogens is 1. The van der Waals surface area contributed by atoms with Crippen molar-refractivity contribution in [2.24, 2.45) is 11.1 Å². The number of pyridine rings is 1. The van der Waals surface area contributed by atoms with Crippen LogP contribution in [0.4, 0.5) is 5.69 Å². The zero-order chi connectivity index (χ0) is 12.3. The van der Waals surface area contributed by atoms with Gasteiger partial charge in [0, 0.05) is 6.54 Å². The highest BCUT2D eigenvalue weighted by Gasteiger charge is 2.25. The molecule has 88 valence electrons. The van der Waals surface area contributed by atoms with Crippen LogP contribution in [-0.4, -0.2) is 17.4 Å². The number of carbonyl (C=O) groups is 1. The van der Waals surface area contributed by atoms with Gasteiger partial charge in [0.15, 0.2) is 0 Å². The normalized spacial score (nSPS) is 11.3. The fourth-order valence-corrected chi connectivity index (χ4v) is 1.24. The van der Waals surface area contributed by atoms with Crippen LogP contribution in [0.2, 0.25) is 0 Å². The van der Waals surface area contributed by atoms with Gasteiger partial charge in [0.25, 0.3) is 0 Å². The molecule has 1 aromatic rings. The van der Waals surface area contributed by atoms with E-state index < -0.39 is 5.41 Å². The number of rotatable bonds is 3. The van der Waals surface area contributed by atoms with E-state index >= 15 is 0 Å². The molecule has 0 atom stereocenters. The zero-order valence-electron chi connectivity index (χ0n) is 9.67. The summed E-state index contributed by atoms with van der Waals surface area (Å²) in [6.07, 6.45) is 1.61. The summed E-state index contributed by atoms with van der Waals surface area (Å²) < 4.78 is 0.781. The quantitative estimate of drug-likeness (QED) is 0.836. The number of nitrogens with two attached hydrogens (primary N) is 1. The van der Waals surface area contributed by atoms with Crippen molar-refractivity contribution in [3.05, 3.63) is 22.4 Å². The second-order valence-corrected chi connectivity index (χ2v) is 5.12. The molecular weight excluding hydrogens is 270 g/mol. The number of anilines is 1. The van der Waals surface area contributed by atoms with E-state index in [-0.39, 0.29) is 5.91 Å². The molecule has 1 heterocycles. The summed E-state index contributed by atoms with van der Waals surface area (Å²) in [7, 11) is 0. The summed E-state index contributed by atoms with van der Waals surface area (Å²) in [5.41, 5.74) is 6.63. The molecule has 1 amide bonds. The molecule has 0 aromatic carbocycles. The molecule has 0 bridgehead atoms. The lowest BCUT2D eigenvalue weighted by atomic mass is 9.92. The van der Waals surface area contributed by atoms with E-state index in [1.54, 1.807) is 6.20 Å². The van der Waals surface area contributed by atoms with Gasteiger partial charge < -0.3 is 11.1 Å². The SMILES string of the molecule is Cc1cc(NC(=O)C(C)(C)CN)cnc1Br. The van der Waals surface area contributed by atoms with E-state index in [0.29, 0.717) is 12.2 Å². The van der Waals surface area contributed by atoms with Crippen LogP contribution in [0, 0.1) is 12.3 Å². The number of halogens is 1. The van der Waals surface area contributed by atoms with Crippen molar-refractivity contribution in [1.29, 1.82) is 0 Å². The van der Waals surface area contributed by atoms with E-state index in [2.05, 4.69) is 26.2 Å². The highest BCUT2D eigenvalue weighted by molar-refractivity contribution is 9.10. The Kier molecular flexibility index (Phi) is 4.04. The third kappa shape index (κ3) is 3.02. The lowest BCUT2D eigenvalue weighted by Gasteiger charge is -2.21. The van der Waals surface area contributed by atoms with Gasteiger partial charge in [-0.25, -0.2) is 4.98 Å². The van der Waals surface area contributed by atoms with Gasteiger partial charge in [0.05, 0.1) is 17.3 Å². The number of aryl methyl sites for hydroxylation is 1. The minimum atomic E-state index is -0.568. The van der Waals surface area contributed by atoms with E-state index in [0.717, 1.165) is 10.2 Å². The number of hydrogen-bond donors (Lipinski definition) is 2. The van der Waals surface area contributed by atoms with Crippen LogP contribution in [-0.2, 0) is 4.79 Å². The highest BCUT2D eigenvalue weighted by Crippen LogP contribution is 2.20. The Hall–Kier alpha value is -0.940. The lowest BCUT2D eigenvalue weighted by molar-refractivity contribution is -0.123. The van der Waals surface area contributed by atoms with Crippen molar-refractivity contribution in [3.63, 3.8) is 0 Å². The monoisotopic (exact) mass is 285 g/mol. The molecule has 4 nitrogen and oxygen atoms in total. The molecule has 16 heavy (non-hydrogen) atoms. The van der Waals surface area contributed by atoms with Crippen LogP contribution in [0.5, 0.6) is 0 Å². The number of nitrogens with one attached hydrogen (secondary N) is 1. The van der Waals surface area contributed by atoms with Crippen LogP contribution < -0.4 is 11.1 Å². The number of nitrogens with zero attached hydrogens (tertiary/aromatic N) is 1. The molecule has 0 aliphatic rings. The predicted molar refractivity (Wildman–Crippen MR) is 68.1 cm³/mol. The van der Waals surface area contributed by atoms with Gasteiger partial charge in [-0.05, 0) is 48.3 Å². The average molecular weight is 286 g/mol. The topological polar surface area (TPSA) is 68.0 Å². The molecule has 0 saturated heterocycles. The summed E-state index contributed by atoms with van der Waals surface area (Å²) in [6, 6.07) is 1.86. The van der Waals surface area contributed by atoms with E-state index in [1.165, 1.54) is 0 Å². The van der Waals surface area contributed by atoms with Crippen LogP contribution in [0.3, 0.4) is 0 Å². The summed E-state index contributed by atoms with van der Waals surface area (Å²) in [4.78, 5) is 15.9. The second-order valence-electron chi connectivity index (χ2n) is 4.37. The first-order chi connectivity index (χ1) is 7.36. The largest absolute Gasteiger partial charge is 0.329 e. The first-order valence-electron chi connectivity index (χ1n) is 5.00. The van der Waals surface area contributed by atoms with Crippen LogP contribution in [0.15, 0.2) is 16.9 Å². The Morgan fingerprint density at radius 2 is 2.25 bits per heavy atom. The van der Waals surface area contributed by atoms with E-state index in [4.69, 9.17) is 5.73 Å². The molecular formula is C11H16BrN3O. The molecule has 0 aliphatic heterocycles. The molecule has 0 fully saturated rings. The van der Waals surface area contributed by atoms with Crippen molar-refractivity contribution >= 4 is 27.5 Å². The van der Waals surface area contributed by atoms with Gasteiger partial charge in [0.2, 0.25) is 5.91 Å². The van der Waals surface area contributed by atoms with Crippen molar-refractivity contribution in [2.75, 3.05) is 11.9 Å². The van der Waals surface area contributed by atoms with Crippen molar-refractivity contribution in [2.45, 2.75) is 20.8 Å². The van der Waals surface area contributed by atoms with E-state index in [9.17, 15) is 4.79 Å². The fraction of sp³-hybridized carbons (Fsp3) is 0.455. The van der Waals surface area contributed by atoms with Gasteiger partial charge in [-0.1, -0.05) is 0 Å². The van der Waals surface area contributed by atoms with Crippen LogP contribution in [0.25, 0.3) is 0 Å². The maximum absolute atomic E-state index is 11.8. The minimum absolute atomic E-state index is 0.0986. The lowest BCUT2D eigenvalue weighted by Crippen LogP contribution is -2.37. The molecule has 1 aromatic heterocycles. The maximum atomic E-state index is 11.8. The van der Waals surface area contributed by atoms with Gasteiger partial charge in [-0.15, -0.1) is 0 Å². The summed E-state index contributed by atoms with van der Waals surface area (Å²) >= 11 is 3.30. The van der Waals surface area contributed by atoms with Crippen LogP contribution in [0.1, 0.15) is 19.4 Å². The number of hydrogen-bond acceptors (Lipinski definition) is 3. The molecule has 0 radical (unpaired) electrons. The summed E-state index contributed by atoms with van der Waals surface area (Å²) in [5.74, 6) is -0.0986. The van der Waals surface area contributed by atoms with Gasteiger partial charge >= 0.3 is 0 Å². The Balaban J connectivity index is 2.82. The Bertz CT molecular complexity index is 404. The van der Waals surface area contributed by atoms with Crippen molar-refractivity contribution < 1.29 is 4.79 Å². The van der Waals surface area contributed by atoms with Gasteiger partial charge in [0.1, 0.15) is 4.60 Å². The summed E-state index contributed by atoms with van der Waals surface area (Å²) in [5, 5.41) is 2.80. The molecule has 5 heteroatoms. The standard InChI is InChI=1S/C11H16BrN3O/c1-7-4-8(5-14-9(7)12)15-10(16)11(2,3)6-13/h4-5H,6,13H2,1-3H3,(H,15,16). The average Bonchev–Trinajstić information content (AvgIpc) is 2.23. The van der Waals surface area contributed by atoms with Crippen molar-refractivity contribution in [3.8, 4) is 0 Å². The molecule has 1 rings (SSSR count). The molecule has 0 saturated carbocycles. The first kappa shape index (κ1) is 13.1. The van der Waals surface area contributed by atoms with E-state index in [1.807, 2.05) is 26.8 Å². The highest BCUT2D eigenvalue weighted by atomic mass is 79.9. The molecule has 3 N–H and O–H groups in total. The number of carbonyl (C=O) groups excluding carboxylic acids is 1. The summed E-state index contributed by atoms with van der Waals surface area (Å²) in [6.45, 7) is 5.84. The smallest absolute Gasteiger partial charge is 0.231 e. The third-order valence-electron chi connectivity index (χ3n) is 2.40. The molecule has 0 unspecified atom stereocenters.